The summed E-state index contributed by atoms with van der Waals surface area (Å²) < 4.78 is 6.31. The van der Waals surface area contributed by atoms with E-state index in [9.17, 15) is 0 Å². The Labute approximate surface area is 143 Å². The molecule has 3 aromatic rings. The van der Waals surface area contributed by atoms with Crippen LogP contribution in [0.2, 0.25) is 0 Å². The smallest absolute Gasteiger partial charge is 0.119 e. The molecule has 0 radical (unpaired) electrons. The predicted molar refractivity (Wildman–Crippen MR) is 95.0 cm³/mol. The summed E-state index contributed by atoms with van der Waals surface area (Å²) in [5.74, 6) is 0.909. The highest BCUT2D eigenvalue weighted by Crippen LogP contribution is 2.31. The van der Waals surface area contributed by atoms with E-state index in [-0.39, 0.29) is 0 Å². The molecule has 0 atom stereocenters. The second-order valence-electron chi connectivity index (χ2n) is 5.66. The van der Waals surface area contributed by atoms with Gasteiger partial charge >= 0.3 is 0 Å². The van der Waals surface area contributed by atoms with Crippen LogP contribution >= 0.6 is 15.9 Å². The first-order chi connectivity index (χ1) is 11.2. The lowest BCUT2D eigenvalue weighted by Crippen LogP contribution is -2.30. The summed E-state index contributed by atoms with van der Waals surface area (Å²) in [6.45, 7) is 1.85. The number of anilines is 1. The van der Waals surface area contributed by atoms with Gasteiger partial charge in [0.1, 0.15) is 11.3 Å². The topological polar surface area (TPSA) is 38.2 Å². The number of ether oxygens (including phenoxy) is 1. The minimum Gasteiger partial charge on any atom is -0.497 e. The molecule has 0 N–H and O–H groups in total. The maximum atomic E-state index is 5.36. The molecule has 1 aliphatic heterocycles. The molecule has 23 heavy (non-hydrogen) atoms. The number of hydrogen-bond donors (Lipinski definition) is 0. The zero-order valence-corrected chi connectivity index (χ0v) is 14.4. The van der Waals surface area contributed by atoms with Crippen molar-refractivity contribution in [1.29, 1.82) is 0 Å². The predicted octanol–water partition coefficient (Wildman–Crippen LogP) is 3.96. The molecule has 116 valence electrons. The second kappa shape index (κ2) is 5.81. The van der Waals surface area contributed by atoms with Crippen LogP contribution in [0.1, 0.15) is 11.1 Å². The van der Waals surface area contributed by atoms with Gasteiger partial charge in [-0.15, -0.1) is 0 Å². The summed E-state index contributed by atoms with van der Waals surface area (Å²) in [6.07, 6.45) is 4.71. The van der Waals surface area contributed by atoms with Gasteiger partial charge in [-0.05, 0) is 57.7 Å². The van der Waals surface area contributed by atoms with Crippen molar-refractivity contribution in [2.75, 3.05) is 18.6 Å². The molecule has 0 saturated heterocycles. The van der Waals surface area contributed by atoms with E-state index in [0.29, 0.717) is 0 Å². The van der Waals surface area contributed by atoms with E-state index >= 15 is 0 Å². The summed E-state index contributed by atoms with van der Waals surface area (Å²) in [4.78, 5) is 11.4. The minimum absolute atomic E-state index is 0.864. The molecule has 0 bridgehead atoms. The fourth-order valence-electron chi connectivity index (χ4n) is 3.11. The number of nitrogens with zero attached hydrogens (tertiary/aromatic N) is 3. The quantitative estimate of drug-likeness (QED) is 0.685. The molecule has 2 aromatic heterocycles. The van der Waals surface area contributed by atoms with E-state index in [1.54, 1.807) is 7.11 Å². The van der Waals surface area contributed by atoms with Crippen LogP contribution in [0, 0.1) is 0 Å². The van der Waals surface area contributed by atoms with Crippen LogP contribution in [-0.4, -0.2) is 23.6 Å². The van der Waals surface area contributed by atoms with Crippen LogP contribution in [0.4, 0.5) is 5.69 Å². The summed E-state index contributed by atoms with van der Waals surface area (Å²) in [5, 5.41) is 0. The van der Waals surface area contributed by atoms with Crippen molar-refractivity contribution >= 4 is 32.7 Å². The number of aromatic nitrogens is 2. The first kappa shape index (κ1) is 14.5. The molecule has 0 aliphatic carbocycles. The fourth-order valence-corrected chi connectivity index (χ4v) is 3.43. The van der Waals surface area contributed by atoms with Crippen molar-refractivity contribution < 1.29 is 4.74 Å². The van der Waals surface area contributed by atoms with E-state index in [0.717, 1.165) is 46.5 Å². The molecular weight excluding hydrogens is 354 g/mol. The number of rotatable bonds is 2. The number of halogens is 1. The maximum absolute atomic E-state index is 5.36. The van der Waals surface area contributed by atoms with Gasteiger partial charge in [0.2, 0.25) is 0 Å². The van der Waals surface area contributed by atoms with Crippen LogP contribution in [0.15, 0.2) is 47.2 Å². The molecular formula is C18H16BrN3O. The van der Waals surface area contributed by atoms with Gasteiger partial charge in [0.05, 0.1) is 18.3 Å². The molecule has 0 amide bonds. The minimum atomic E-state index is 0.864. The molecule has 0 saturated carbocycles. The fraction of sp³-hybridized carbons (Fsp3) is 0.222. The first-order valence-corrected chi connectivity index (χ1v) is 8.35. The van der Waals surface area contributed by atoms with Crippen molar-refractivity contribution in [2.45, 2.75) is 13.0 Å². The molecule has 4 rings (SSSR count). The molecule has 0 spiro atoms. The number of methoxy groups -OCH3 is 1. The zero-order chi connectivity index (χ0) is 15.8. The summed E-state index contributed by atoms with van der Waals surface area (Å²) in [7, 11) is 1.71. The van der Waals surface area contributed by atoms with Gasteiger partial charge in [-0.1, -0.05) is 6.07 Å². The Kier molecular flexibility index (Phi) is 3.65. The average Bonchev–Trinajstić information content (AvgIpc) is 2.60. The van der Waals surface area contributed by atoms with Gasteiger partial charge in [0.15, 0.2) is 0 Å². The van der Waals surface area contributed by atoms with Gasteiger partial charge < -0.3 is 9.64 Å². The SMILES string of the molecule is COc1ccc2c(c1)CN(c1ccnc3cc(Br)cnc13)CC2. The summed E-state index contributed by atoms with van der Waals surface area (Å²) in [6, 6.07) is 10.4. The van der Waals surface area contributed by atoms with E-state index < -0.39 is 0 Å². The monoisotopic (exact) mass is 369 g/mol. The first-order valence-electron chi connectivity index (χ1n) is 7.55. The van der Waals surface area contributed by atoms with Gasteiger partial charge in [-0.2, -0.15) is 0 Å². The number of benzene rings is 1. The number of pyridine rings is 2. The maximum Gasteiger partial charge on any atom is 0.119 e. The Bertz CT molecular complexity index is 881. The third kappa shape index (κ3) is 2.65. The Hall–Kier alpha value is -2.14. The van der Waals surface area contributed by atoms with Gasteiger partial charge in [0, 0.05) is 30.0 Å². The van der Waals surface area contributed by atoms with Crippen molar-refractivity contribution in [1.82, 2.24) is 9.97 Å². The Morgan fingerprint density at radius 2 is 2.04 bits per heavy atom. The van der Waals surface area contributed by atoms with Crippen molar-refractivity contribution in [3.8, 4) is 5.75 Å². The highest BCUT2D eigenvalue weighted by Gasteiger charge is 2.19. The molecule has 0 fully saturated rings. The molecule has 5 heteroatoms. The van der Waals surface area contributed by atoms with Crippen LogP contribution in [-0.2, 0) is 13.0 Å². The van der Waals surface area contributed by atoms with E-state index in [1.807, 2.05) is 24.5 Å². The second-order valence-corrected chi connectivity index (χ2v) is 6.57. The zero-order valence-electron chi connectivity index (χ0n) is 12.8. The highest BCUT2D eigenvalue weighted by atomic mass is 79.9. The van der Waals surface area contributed by atoms with Gasteiger partial charge in [0.25, 0.3) is 0 Å². The van der Waals surface area contributed by atoms with Crippen LogP contribution in [0.3, 0.4) is 0 Å². The van der Waals surface area contributed by atoms with E-state index in [1.165, 1.54) is 11.1 Å². The standard InChI is InChI=1S/C18H16BrN3O/c1-23-15-3-2-12-5-7-22(11-13(12)8-15)17-4-6-20-16-9-14(19)10-21-18(16)17/h2-4,6,8-10H,5,7,11H2,1H3. The van der Waals surface area contributed by atoms with Gasteiger partial charge in [-0.25, -0.2) is 0 Å². The molecule has 1 aliphatic rings. The van der Waals surface area contributed by atoms with Crippen molar-refractivity contribution in [3.05, 3.63) is 58.3 Å². The molecule has 4 nitrogen and oxygen atoms in total. The van der Waals surface area contributed by atoms with Gasteiger partial charge in [-0.3, -0.25) is 9.97 Å². The molecule has 3 heterocycles. The van der Waals surface area contributed by atoms with Crippen LogP contribution < -0.4 is 9.64 Å². The van der Waals surface area contributed by atoms with Crippen molar-refractivity contribution in [2.24, 2.45) is 0 Å². The Morgan fingerprint density at radius 1 is 1.13 bits per heavy atom. The third-order valence-corrected chi connectivity index (χ3v) is 4.72. The Balaban J connectivity index is 1.74. The normalized spacial score (nSPS) is 13.9. The molecule has 1 aromatic carbocycles. The van der Waals surface area contributed by atoms with E-state index in [4.69, 9.17) is 4.74 Å². The molecule has 0 unspecified atom stereocenters. The average molecular weight is 370 g/mol. The number of fused-ring (bicyclic) bond motifs is 2. The lowest BCUT2D eigenvalue weighted by molar-refractivity contribution is 0.413. The summed E-state index contributed by atoms with van der Waals surface area (Å²) >= 11 is 3.46. The lowest BCUT2D eigenvalue weighted by Gasteiger charge is -2.31. The van der Waals surface area contributed by atoms with Crippen molar-refractivity contribution in [3.63, 3.8) is 0 Å². The van der Waals surface area contributed by atoms with Crippen LogP contribution in [0.5, 0.6) is 5.75 Å². The summed E-state index contributed by atoms with van der Waals surface area (Å²) in [5.41, 5.74) is 5.71. The largest absolute Gasteiger partial charge is 0.497 e. The highest BCUT2D eigenvalue weighted by molar-refractivity contribution is 9.10. The van der Waals surface area contributed by atoms with E-state index in [2.05, 4.69) is 49.0 Å². The third-order valence-electron chi connectivity index (χ3n) is 4.29. The number of hydrogen-bond acceptors (Lipinski definition) is 4. The lowest BCUT2D eigenvalue weighted by atomic mass is 9.99. The van der Waals surface area contributed by atoms with Crippen LogP contribution in [0.25, 0.3) is 11.0 Å². The Morgan fingerprint density at radius 3 is 2.91 bits per heavy atom.